The third-order valence-corrected chi connectivity index (χ3v) is 4.18. The van der Waals surface area contributed by atoms with Gasteiger partial charge in [-0.25, -0.2) is 13.1 Å². The number of aryl methyl sites for hydroxylation is 1. The number of methoxy groups -OCH3 is 1. The molecule has 3 N–H and O–H groups in total. The lowest BCUT2D eigenvalue weighted by atomic mass is 10.2. The van der Waals surface area contributed by atoms with Gasteiger partial charge in [-0.2, -0.15) is 0 Å². The van der Waals surface area contributed by atoms with E-state index in [4.69, 9.17) is 10.5 Å². The highest BCUT2D eigenvalue weighted by Gasteiger charge is 2.20. The minimum Gasteiger partial charge on any atom is -0.495 e. The van der Waals surface area contributed by atoms with Crippen LogP contribution >= 0.6 is 0 Å². The Labute approximate surface area is 114 Å². The molecule has 0 heterocycles. The Kier molecular flexibility index (Phi) is 5.16. The first-order valence-electron chi connectivity index (χ1n) is 5.86. The Balaban J connectivity index is 3.03. The summed E-state index contributed by atoms with van der Waals surface area (Å²) >= 11 is 0. The molecule has 0 atom stereocenters. The number of nitrogens with two attached hydrogens (primary N) is 1. The summed E-state index contributed by atoms with van der Waals surface area (Å²) in [7, 11) is 1.56. The van der Waals surface area contributed by atoms with Gasteiger partial charge in [0.25, 0.3) is 0 Å². The maximum Gasteiger partial charge on any atom is 0.244 e. The number of nitrogen functional groups attached to an aromatic ring is 1. The van der Waals surface area contributed by atoms with Crippen molar-refractivity contribution >= 4 is 15.7 Å². The molecule has 6 nitrogen and oxygen atoms in total. The Hall–Kier alpha value is -1.31. The topological polar surface area (TPSA) is 84.7 Å². The molecule has 0 radical (unpaired) electrons. The average Bonchev–Trinajstić information content (AvgIpc) is 2.31. The Bertz CT molecular complexity index is 541. The van der Waals surface area contributed by atoms with E-state index >= 15 is 0 Å². The van der Waals surface area contributed by atoms with Crippen LogP contribution in [0.5, 0.6) is 5.75 Å². The van der Waals surface area contributed by atoms with E-state index < -0.39 is 10.0 Å². The van der Waals surface area contributed by atoms with Crippen LogP contribution in [0.4, 0.5) is 5.69 Å². The van der Waals surface area contributed by atoms with Crippen molar-refractivity contribution in [3.05, 3.63) is 17.7 Å². The maximum absolute atomic E-state index is 12.2. The number of likely N-dealkylation sites (N-methyl/N-ethyl adjacent to an activating group) is 1. The van der Waals surface area contributed by atoms with Crippen LogP contribution in [-0.2, 0) is 10.0 Å². The molecular weight excluding hydrogens is 266 g/mol. The quantitative estimate of drug-likeness (QED) is 0.741. The van der Waals surface area contributed by atoms with Gasteiger partial charge in [-0.3, -0.25) is 0 Å². The van der Waals surface area contributed by atoms with Crippen LogP contribution < -0.4 is 15.2 Å². The Morgan fingerprint density at radius 1 is 1.37 bits per heavy atom. The molecule has 0 fully saturated rings. The standard InChI is InChI=1S/C12H21N3O3S/c1-9-7-11(18-4)12(8-10(9)13)19(16,17)14-5-6-15(2)3/h7-8,14H,5-6,13H2,1-4H3. The van der Waals surface area contributed by atoms with Crippen molar-refractivity contribution in [3.8, 4) is 5.75 Å². The van der Waals surface area contributed by atoms with Crippen LogP contribution in [0.3, 0.4) is 0 Å². The molecule has 0 aliphatic rings. The SMILES string of the molecule is COc1cc(C)c(N)cc1S(=O)(=O)NCCN(C)C. The molecule has 0 aliphatic heterocycles. The number of ether oxygens (including phenoxy) is 1. The Morgan fingerprint density at radius 2 is 2.00 bits per heavy atom. The van der Waals surface area contributed by atoms with Crippen LogP contribution in [0.1, 0.15) is 5.56 Å². The first kappa shape index (κ1) is 15.7. The summed E-state index contributed by atoms with van der Waals surface area (Å²) < 4.78 is 32.0. The van der Waals surface area contributed by atoms with Gasteiger partial charge in [0.05, 0.1) is 7.11 Å². The number of hydrogen-bond donors (Lipinski definition) is 2. The van der Waals surface area contributed by atoms with Crippen molar-refractivity contribution < 1.29 is 13.2 Å². The van der Waals surface area contributed by atoms with Gasteiger partial charge in [0.15, 0.2) is 0 Å². The zero-order valence-corrected chi connectivity index (χ0v) is 12.5. The molecule has 0 amide bonds. The van der Waals surface area contributed by atoms with Crippen LogP contribution in [0.15, 0.2) is 17.0 Å². The lowest BCUT2D eigenvalue weighted by Crippen LogP contribution is -2.31. The van der Waals surface area contributed by atoms with Gasteiger partial charge in [-0.1, -0.05) is 0 Å². The molecule has 0 spiro atoms. The molecule has 108 valence electrons. The van der Waals surface area contributed by atoms with Gasteiger partial charge in [-0.05, 0) is 38.7 Å². The monoisotopic (exact) mass is 287 g/mol. The Morgan fingerprint density at radius 3 is 2.53 bits per heavy atom. The van der Waals surface area contributed by atoms with E-state index in [-0.39, 0.29) is 4.90 Å². The number of nitrogens with zero attached hydrogens (tertiary/aromatic N) is 1. The summed E-state index contributed by atoms with van der Waals surface area (Å²) in [4.78, 5) is 1.96. The smallest absolute Gasteiger partial charge is 0.244 e. The number of benzene rings is 1. The average molecular weight is 287 g/mol. The van der Waals surface area contributed by atoms with Crippen molar-refractivity contribution in [1.29, 1.82) is 0 Å². The fraction of sp³-hybridized carbons (Fsp3) is 0.500. The van der Waals surface area contributed by atoms with E-state index in [1.54, 1.807) is 13.0 Å². The van der Waals surface area contributed by atoms with Gasteiger partial charge in [0, 0.05) is 18.8 Å². The predicted octanol–water partition coefficient (Wildman–Crippen LogP) is 0.426. The molecule has 0 unspecified atom stereocenters. The number of rotatable bonds is 6. The maximum atomic E-state index is 12.2. The molecule has 0 aromatic heterocycles. The van der Waals surface area contributed by atoms with Crippen molar-refractivity contribution in [2.24, 2.45) is 0 Å². The lowest BCUT2D eigenvalue weighted by molar-refractivity contribution is 0.400. The van der Waals surface area contributed by atoms with Gasteiger partial charge in [0.1, 0.15) is 10.6 Å². The lowest BCUT2D eigenvalue weighted by Gasteiger charge is -2.14. The van der Waals surface area contributed by atoms with Crippen LogP contribution in [-0.4, -0.2) is 47.6 Å². The van der Waals surface area contributed by atoms with Gasteiger partial charge < -0.3 is 15.4 Å². The highest BCUT2D eigenvalue weighted by molar-refractivity contribution is 7.89. The molecule has 1 aromatic rings. The summed E-state index contributed by atoms with van der Waals surface area (Å²) in [5.41, 5.74) is 6.97. The van der Waals surface area contributed by atoms with E-state index in [0.717, 1.165) is 5.56 Å². The zero-order chi connectivity index (χ0) is 14.6. The van der Waals surface area contributed by atoms with E-state index in [0.29, 0.717) is 24.5 Å². The third kappa shape index (κ3) is 4.09. The second-order valence-corrected chi connectivity index (χ2v) is 6.30. The number of sulfonamides is 1. The van der Waals surface area contributed by atoms with E-state index in [1.165, 1.54) is 13.2 Å². The highest BCUT2D eigenvalue weighted by Crippen LogP contribution is 2.28. The van der Waals surface area contributed by atoms with Gasteiger partial charge in [0.2, 0.25) is 10.0 Å². The van der Waals surface area contributed by atoms with Crippen LogP contribution in [0.2, 0.25) is 0 Å². The zero-order valence-electron chi connectivity index (χ0n) is 11.7. The molecule has 0 bridgehead atoms. The molecule has 19 heavy (non-hydrogen) atoms. The first-order valence-corrected chi connectivity index (χ1v) is 7.34. The summed E-state index contributed by atoms with van der Waals surface area (Å²) in [6.45, 7) is 2.74. The predicted molar refractivity (Wildman–Crippen MR) is 75.9 cm³/mol. The fourth-order valence-electron chi connectivity index (χ4n) is 1.53. The molecular formula is C12H21N3O3S. The molecule has 0 saturated carbocycles. The largest absolute Gasteiger partial charge is 0.495 e. The molecule has 0 saturated heterocycles. The number of nitrogens with one attached hydrogen (secondary N) is 1. The minimum atomic E-state index is -3.62. The highest BCUT2D eigenvalue weighted by atomic mass is 32.2. The third-order valence-electron chi connectivity index (χ3n) is 2.69. The molecule has 7 heteroatoms. The number of hydrogen-bond acceptors (Lipinski definition) is 5. The van der Waals surface area contributed by atoms with Crippen LogP contribution in [0.25, 0.3) is 0 Å². The minimum absolute atomic E-state index is 0.0665. The second-order valence-electron chi connectivity index (χ2n) is 4.56. The summed E-state index contributed by atoms with van der Waals surface area (Å²) in [6, 6.07) is 3.04. The second kappa shape index (κ2) is 6.23. The van der Waals surface area contributed by atoms with Gasteiger partial charge in [-0.15, -0.1) is 0 Å². The van der Waals surface area contributed by atoms with Gasteiger partial charge >= 0.3 is 0 Å². The molecule has 0 aliphatic carbocycles. The molecule has 1 rings (SSSR count). The number of anilines is 1. The first-order chi connectivity index (χ1) is 8.77. The summed E-state index contributed by atoms with van der Waals surface area (Å²) in [5, 5.41) is 0. The normalized spacial score (nSPS) is 11.8. The van der Waals surface area contributed by atoms with E-state index in [1.807, 2.05) is 19.0 Å². The molecule has 1 aromatic carbocycles. The van der Waals surface area contributed by atoms with E-state index in [2.05, 4.69) is 4.72 Å². The fourth-order valence-corrected chi connectivity index (χ4v) is 2.73. The van der Waals surface area contributed by atoms with Crippen molar-refractivity contribution in [1.82, 2.24) is 9.62 Å². The van der Waals surface area contributed by atoms with Crippen molar-refractivity contribution in [2.45, 2.75) is 11.8 Å². The van der Waals surface area contributed by atoms with Crippen molar-refractivity contribution in [3.63, 3.8) is 0 Å². The van der Waals surface area contributed by atoms with Crippen molar-refractivity contribution in [2.75, 3.05) is 40.0 Å². The summed E-state index contributed by atoms with van der Waals surface area (Å²) in [5.74, 6) is 0.295. The van der Waals surface area contributed by atoms with E-state index in [9.17, 15) is 8.42 Å². The van der Waals surface area contributed by atoms with Crippen LogP contribution in [0, 0.1) is 6.92 Å². The summed E-state index contributed by atoms with van der Waals surface area (Å²) in [6.07, 6.45) is 0.